The number of halogens is 6. The van der Waals surface area contributed by atoms with Gasteiger partial charge in [0.1, 0.15) is 5.75 Å². The van der Waals surface area contributed by atoms with E-state index in [1.165, 1.54) is 0 Å². The third kappa shape index (κ3) is 7.38. The van der Waals surface area contributed by atoms with Crippen molar-refractivity contribution in [2.45, 2.75) is 44.6 Å². The number of ether oxygens (including phenoxy) is 1. The van der Waals surface area contributed by atoms with Gasteiger partial charge in [0.2, 0.25) is 0 Å². The van der Waals surface area contributed by atoms with Crippen molar-refractivity contribution in [1.82, 2.24) is 4.90 Å². The van der Waals surface area contributed by atoms with Gasteiger partial charge in [-0.25, -0.2) is 0 Å². The van der Waals surface area contributed by atoms with Gasteiger partial charge in [-0.3, -0.25) is 9.69 Å². The Morgan fingerprint density at radius 2 is 1.82 bits per heavy atom. The van der Waals surface area contributed by atoms with Crippen molar-refractivity contribution in [3.8, 4) is 5.75 Å². The quantitative estimate of drug-likeness (QED) is 0.460. The van der Waals surface area contributed by atoms with E-state index < -0.39 is 35.0 Å². The fraction of sp³-hybridized carbons (Fsp3) is 0.458. The van der Waals surface area contributed by atoms with Gasteiger partial charge in [0.15, 0.2) is 0 Å². The van der Waals surface area contributed by atoms with E-state index in [2.05, 4.69) is 0 Å². The van der Waals surface area contributed by atoms with Crippen molar-refractivity contribution in [2.75, 3.05) is 19.7 Å². The van der Waals surface area contributed by atoms with Gasteiger partial charge in [0.05, 0.1) is 17.7 Å². The minimum Gasteiger partial charge on any atom is -0.493 e. The molecule has 1 saturated heterocycles. The second-order valence-corrected chi connectivity index (χ2v) is 8.46. The van der Waals surface area contributed by atoms with Crippen LogP contribution in [-0.2, 0) is 30.1 Å². The lowest BCUT2D eigenvalue weighted by molar-refractivity contribution is -0.142. The third-order valence-corrected chi connectivity index (χ3v) is 5.75. The highest BCUT2D eigenvalue weighted by Gasteiger charge is 2.37. The molecule has 2 aromatic rings. The normalized spacial score (nSPS) is 17.5. The molecule has 1 atom stereocenters. The van der Waals surface area contributed by atoms with E-state index in [0.29, 0.717) is 56.5 Å². The average Bonchev–Trinajstić information content (AvgIpc) is 2.75. The molecule has 1 aliphatic heterocycles. The summed E-state index contributed by atoms with van der Waals surface area (Å²) in [5.41, 5.74) is -1.74. The van der Waals surface area contributed by atoms with Crippen LogP contribution in [-0.4, -0.2) is 35.7 Å². The molecule has 0 bridgehead atoms. The molecule has 1 unspecified atom stereocenters. The number of hydrogen-bond donors (Lipinski definition) is 1. The Morgan fingerprint density at radius 3 is 2.50 bits per heavy atom. The molecule has 10 heteroatoms. The van der Waals surface area contributed by atoms with Crippen LogP contribution in [0.25, 0.3) is 0 Å². The standard InChI is InChI=1S/C24H25F6NO3/c25-23(26,27)19-7-8-21(24(28,29)30)18(12-19)14-31-10-2-4-17(13-31)15-34-20-5-1-3-16(11-20)6-9-22(32)33/h1,3,5,7-8,11-12,17H,2,4,6,9-10,13-15H2,(H,32,33). The summed E-state index contributed by atoms with van der Waals surface area (Å²) in [6, 6.07) is 8.59. The lowest BCUT2D eigenvalue weighted by atomic mass is 9.97. The Balaban J connectivity index is 1.64. The lowest BCUT2D eigenvalue weighted by Gasteiger charge is -2.33. The molecule has 1 aliphatic rings. The second kappa shape index (κ2) is 10.7. The van der Waals surface area contributed by atoms with Crippen LogP contribution >= 0.6 is 0 Å². The number of aliphatic carboxylic acids is 1. The van der Waals surface area contributed by atoms with Gasteiger partial charge in [0, 0.05) is 25.4 Å². The molecule has 3 rings (SSSR count). The number of hydrogen-bond acceptors (Lipinski definition) is 3. The number of carboxylic acid groups (broad SMARTS) is 1. The summed E-state index contributed by atoms with van der Waals surface area (Å²) in [6.45, 7) is 0.939. The Bertz CT molecular complexity index is 989. The SMILES string of the molecule is O=C(O)CCc1cccc(OCC2CCCN(Cc3cc(C(F)(F)F)ccc3C(F)(F)F)C2)c1. The van der Waals surface area contributed by atoms with Crippen LogP contribution in [0.4, 0.5) is 26.3 Å². The first kappa shape index (κ1) is 25.9. The van der Waals surface area contributed by atoms with Crippen molar-refractivity contribution in [3.05, 3.63) is 64.7 Å². The predicted molar refractivity (Wildman–Crippen MR) is 112 cm³/mol. The smallest absolute Gasteiger partial charge is 0.416 e. The van der Waals surface area contributed by atoms with Gasteiger partial charge < -0.3 is 9.84 Å². The minimum absolute atomic E-state index is 0.00318. The van der Waals surface area contributed by atoms with Crippen molar-refractivity contribution in [3.63, 3.8) is 0 Å². The fourth-order valence-corrected chi connectivity index (χ4v) is 4.11. The first-order chi connectivity index (χ1) is 15.9. The van der Waals surface area contributed by atoms with Crippen LogP contribution in [0.3, 0.4) is 0 Å². The number of likely N-dealkylation sites (tertiary alicyclic amines) is 1. The highest BCUT2D eigenvalue weighted by Crippen LogP contribution is 2.37. The highest BCUT2D eigenvalue weighted by molar-refractivity contribution is 5.67. The van der Waals surface area contributed by atoms with Gasteiger partial charge in [-0.15, -0.1) is 0 Å². The van der Waals surface area contributed by atoms with Crippen LogP contribution in [0.5, 0.6) is 5.75 Å². The summed E-state index contributed by atoms with van der Waals surface area (Å²) in [5, 5.41) is 8.81. The number of alkyl halides is 6. The van der Waals surface area contributed by atoms with E-state index in [4.69, 9.17) is 9.84 Å². The number of carbonyl (C=O) groups is 1. The molecule has 1 N–H and O–H groups in total. The lowest BCUT2D eigenvalue weighted by Crippen LogP contribution is -2.37. The highest BCUT2D eigenvalue weighted by atomic mass is 19.4. The largest absolute Gasteiger partial charge is 0.493 e. The molecule has 0 spiro atoms. The van der Waals surface area contributed by atoms with E-state index >= 15 is 0 Å². The molecular weight excluding hydrogens is 464 g/mol. The summed E-state index contributed by atoms with van der Waals surface area (Å²) >= 11 is 0. The molecule has 0 saturated carbocycles. The van der Waals surface area contributed by atoms with E-state index in [1.807, 2.05) is 0 Å². The van der Waals surface area contributed by atoms with Crippen molar-refractivity contribution < 1.29 is 41.0 Å². The van der Waals surface area contributed by atoms with E-state index in [0.717, 1.165) is 12.0 Å². The number of aryl methyl sites for hydroxylation is 1. The zero-order chi connectivity index (χ0) is 24.9. The Hall–Kier alpha value is -2.75. The average molecular weight is 489 g/mol. The van der Waals surface area contributed by atoms with Crippen LogP contribution in [0.2, 0.25) is 0 Å². The van der Waals surface area contributed by atoms with Crippen molar-refractivity contribution in [1.29, 1.82) is 0 Å². The summed E-state index contributed by atoms with van der Waals surface area (Å²) in [4.78, 5) is 12.5. The summed E-state index contributed by atoms with van der Waals surface area (Å²) in [7, 11) is 0. The number of piperidine rings is 1. The molecule has 4 nitrogen and oxygen atoms in total. The van der Waals surface area contributed by atoms with Gasteiger partial charge in [0.25, 0.3) is 0 Å². The summed E-state index contributed by atoms with van der Waals surface area (Å²) in [6.07, 6.45) is -7.64. The molecule has 186 valence electrons. The van der Waals surface area contributed by atoms with Gasteiger partial charge in [-0.05, 0) is 67.3 Å². The fourth-order valence-electron chi connectivity index (χ4n) is 4.11. The molecule has 0 aliphatic carbocycles. The van der Waals surface area contributed by atoms with Crippen molar-refractivity contribution >= 4 is 5.97 Å². The molecule has 1 fully saturated rings. The minimum atomic E-state index is -4.75. The third-order valence-electron chi connectivity index (χ3n) is 5.75. The maximum Gasteiger partial charge on any atom is 0.416 e. The Kier molecular flexibility index (Phi) is 8.12. The molecule has 2 aromatic carbocycles. The monoisotopic (exact) mass is 489 g/mol. The van der Waals surface area contributed by atoms with E-state index in [1.54, 1.807) is 29.2 Å². The topological polar surface area (TPSA) is 49.8 Å². The van der Waals surface area contributed by atoms with Gasteiger partial charge in [-0.2, -0.15) is 26.3 Å². The first-order valence-electron chi connectivity index (χ1n) is 10.8. The predicted octanol–water partition coefficient (Wildman–Crippen LogP) is 6.03. The Morgan fingerprint density at radius 1 is 1.06 bits per heavy atom. The molecule has 0 amide bonds. The second-order valence-electron chi connectivity index (χ2n) is 8.46. The molecule has 1 heterocycles. The number of carboxylic acids is 1. The van der Waals surface area contributed by atoms with Gasteiger partial charge in [-0.1, -0.05) is 12.1 Å². The first-order valence-corrected chi connectivity index (χ1v) is 10.8. The number of rotatable bonds is 8. The molecular formula is C24H25F6NO3. The molecule has 0 aromatic heterocycles. The van der Waals surface area contributed by atoms with Gasteiger partial charge >= 0.3 is 18.3 Å². The maximum atomic E-state index is 13.4. The van der Waals surface area contributed by atoms with Crippen LogP contribution in [0.15, 0.2) is 42.5 Å². The molecule has 0 radical (unpaired) electrons. The maximum absolute atomic E-state index is 13.4. The number of nitrogens with zero attached hydrogens (tertiary/aromatic N) is 1. The van der Waals surface area contributed by atoms with Crippen LogP contribution in [0, 0.1) is 5.92 Å². The van der Waals surface area contributed by atoms with E-state index in [-0.39, 0.29) is 18.9 Å². The van der Waals surface area contributed by atoms with Crippen molar-refractivity contribution in [2.24, 2.45) is 5.92 Å². The van der Waals surface area contributed by atoms with Crippen LogP contribution in [0.1, 0.15) is 41.5 Å². The zero-order valence-corrected chi connectivity index (χ0v) is 18.3. The zero-order valence-electron chi connectivity index (χ0n) is 18.3. The number of benzene rings is 2. The summed E-state index contributed by atoms with van der Waals surface area (Å²) in [5.74, 6) is -0.336. The summed E-state index contributed by atoms with van der Waals surface area (Å²) < 4.78 is 85.2. The van der Waals surface area contributed by atoms with E-state index in [9.17, 15) is 31.1 Å². The Labute approximate surface area is 193 Å². The molecule has 34 heavy (non-hydrogen) atoms. The van der Waals surface area contributed by atoms with Crippen LogP contribution < -0.4 is 4.74 Å².